The Morgan fingerprint density at radius 1 is 1.33 bits per heavy atom. The number of hydrogen-bond acceptors (Lipinski definition) is 5. The van der Waals surface area contributed by atoms with Crippen molar-refractivity contribution in [1.82, 2.24) is 5.32 Å². The largest absolute Gasteiger partial charge is 0.493 e. The van der Waals surface area contributed by atoms with Crippen LogP contribution in [0.3, 0.4) is 0 Å². The normalized spacial score (nSPS) is 16.4. The van der Waals surface area contributed by atoms with E-state index in [2.05, 4.69) is 34.5 Å². The smallest absolute Gasteiger partial charge is 0.255 e. The van der Waals surface area contributed by atoms with Gasteiger partial charge in [0.05, 0.1) is 12.1 Å². The van der Waals surface area contributed by atoms with E-state index >= 15 is 0 Å². The Morgan fingerprint density at radius 2 is 2.11 bits per heavy atom. The molecule has 2 aromatic rings. The molecular formula is C20H24ClN3O3. The molecule has 0 aliphatic carbocycles. The SMILES string of the molecule is COc1cc(CNC2CCN(c3ccccc3)C2)cc(Cl)c1OCC(N)=O. The molecule has 0 aromatic heterocycles. The monoisotopic (exact) mass is 389 g/mol. The second-order valence-corrected chi connectivity index (χ2v) is 6.92. The molecule has 1 heterocycles. The van der Waals surface area contributed by atoms with E-state index in [0.717, 1.165) is 25.1 Å². The van der Waals surface area contributed by atoms with Gasteiger partial charge < -0.3 is 25.4 Å². The lowest BCUT2D eigenvalue weighted by Crippen LogP contribution is -2.32. The fourth-order valence-electron chi connectivity index (χ4n) is 3.22. The Morgan fingerprint density at radius 3 is 2.81 bits per heavy atom. The summed E-state index contributed by atoms with van der Waals surface area (Å²) in [6.45, 7) is 2.42. The molecule has 27 heavy (non-hydrogen) atoms. The van der Waals surface area contributed by atoms with Crippen LogP contribution >= 0.6 is 11.6 Å². The maximum Gasteiger partial charge on any atom is 0.255 e. The fourth-order valence-corrected chi connectivity index (χ4v) is 3.51. The van der Waals surface area contributed by atoms with Crippen LogP contribution in [0.25, 0.3) is 0 Å². The molecular weight excluding hydrogens is 366 g/mol. The van der Waals surface area contributed by atoms with E-state index in [-0.39, 0.29) is 6.61 Å². The number of para-hydroxylation sites is 1. The van der Waals surface area contributed by atoms with Crippen molar-refractivity contribution in [3.8, 4) is 11.5 Å². The van der Waals surface area contributed by atoms with E-state index < -0.39 is 5.91 Å². The van der Waals surface area contributed by atoms with Crippen LogP contribution in [0.2, 0.25) is 5.02 Å². The predicted molar refractivity (Wildman–Crippen MR) is 107 cm³/mol. The number of amides is 1. The molecule has 3 N–H and O–H groups in total. The molecule has 1 amide bonds. The molecule has 1 saturated heterocycles. The van der Waals surface area contributed by atoms with Crippen molar-refractivity contribution in [2.75, 3.05) is 31.7 Å². The van der Waals surface area contributed by atoms with Crippen LogP contribution in [0.1, 0.15) is 12.0 Å². The van der Waals surface area contributed by atoms with E-state index in [4.69, 9.17) is 26.8 Å². The van der Waals surface area contributed by atoms with Gasteiger partial charge in [0.15, 0.2) is 18.1 Å². The summed E-state index contributed by atoms with van der Waals surface area (Å²) in [6.07, 6.45) is 1.08. The third kappa shape index (κ3) is 5.05. The van der Waals surface area contributed by atoms with Crippen LogP contribution in [0.15, 0.2) is 42.5 Å². The number of rotatable bonds is 8. The second-order valence-electron chi connectivity index (χ2n) is 6.51. The van der Waals surface area contributed by atoms with Crippen molar-refractivity contribution >= 4 is 23.2 Å². The van der Waals surface area contributed by atoms with Gasteiger partial charge in [0.25, 0.3) is 5.91 Å². The first-order chi connectivity index (χ1) is 13.1. The number of carbonyl (C=O) groups excluding carboxylic acids is 1. The minimum atomic E-state index is -0.567. The highest BCUT2D eigenvalue weighted by atomic mass is 35.5. The number of nitrogens with two attached hydrogens (primary N) is 1. The number of benzene rings is 2. The van der Waals surface area contributed by atoms with Crippen LogP contribution in [-0.2, 0) is 11.3 Å². The van der Waals surface area contributed by atoms with Crippen LogP contribution in [0, 0.1) is 0 Å². The van der Waals surface area contributed by atoms with Gasteiger partial charge in [-0.05, 0) is 36.2 Å². The summed E-state index contributed by atoms with van der Waals surface area (Å²) in [5.74, 6) is 0.249. The standard InChI is InChI=1S/C20H24ClN3O3/c1-26-18-10-14(9-17(21)20(18)27-13-19(22)25)11-23-15-7-8-24(12-15)16-5-3-2-4-6-16/h2-6,9-10,15,23H,7-8,11-13H2,1H3,(H2,22,25). The van der Waals surface area contributed by atoms with Crippen LogP contribution in [0.5, 0.6) is 11.5 Å². The van der Waals surface area contributed by atoms with Gasteiger partial charge in [-0.1, -0.05) is 29.8 Å². The summed E-state index contributed by atoms with van der Waals surface area (Å²) in [5.41, 5.74) is 7.36. The number of hydrogen-bond donors (Lipinski definition) is 2. The lowest BCUT2D eigenvalue weighted by atomic mass is 10.1. The summed E-state index contributed by atoms with van der Waals surface area (Å²) in [4.78, 5) is 13.3. The van der Waals surface area contributed by atoms with Gasteiger partial charge in [0.1, 0.15) is 0 Å². The molecule has 1 fully saturated rings. The van der Waals surface area contributed by atoms with Crippen molar-refractivity contribution in [3.05, 3.63) is 53.1 Å². The van der Waals surface area contributed by atoms with E-state index in [1.165, 1.54) is 12.8 Å². The first kappa shape index (κ1) is 19.3. The molecule has 1 atom stereocenters. The molecule has 3 rings (SSSR count). The number of ether oxygens (including phenoxy) is 2. The Bertz CT molecular complexity index is 786. The Hall–Kier alpha value is -2.44. The topological polar surface area (TPSA) is 76.8 Å². The van der Waals surface area contributed by atoms with Crippen molar-refractivity contribution in [2.45, 2.75) is 19.0 Å². The number of methoxy groups -OCH3 is 1. The highest BCUT2D eigenvalue weighted by Gasteiger charge is 2.22. The fraction of sp³-hybridized carbons (Fsp3) is 0.350. The number of nitrogens with zero attached hydrogens (tertiary/aromatic N) is 1. The van der Waals surface area contributed by atoms with Crippen LogP contribution in [0.4, 0.5) is 5.69 Å². The number of carbonyl (C=O) groups is 1. The maximum absolute atomic E-state index is 10.9. The van der Waals surface area contributed by atoms with Crippen molar-refractivity contribution in [2.24, 2.45) is 5.73 Å². The lowest BCUT2D eigenvalue weighted by Gasteiger charge is -2.19. The molecule has 1 aliphatic rings. The lowest BCUT2D eigenvalue weighted by molar-refractivity contribution is -0.119. The Balaban J connectivity index is 1.59. The van der Waals surface area contributed by atoms with E-state index in [9.17, 15) is 4.79 Å². The summed E-state index contributed by atoms with van der Waals surface area (Å²) in [5, 5.41) is 3.97. The summed E-state index contributed by atoms with van der Waals surface area (Å²) < 4.78 is 10.7. The van der Waals surface area contributed by atoms with Crippen LogP contribution in [-0.4, -0.2) is 38.8 Å². The zero-order valence-electron chi connectivity index (χ0n) is 15.3. The molecule has 0 radical (unpaired) electrons. The highest BCUT2D eigenvalue weighted by molar-refractivity contribution is 6.32. The quantitative estimate of drug-likeness (QED) is 0.725. The number of anilines is 1. The first-order valence-electron chi connectivity index (χ1n) is 8.87. The molecule has 6 nitrogen and oxygen atoms in total. The van der Waals surface area contributed by atoms with E-state index in [1.807, 2.05) is 18.2 Å². The molecule has 0 bridgehead atoms. The van der Waals surface area contributed by atoms with Gasteiger partial charge >= 0.3 is 0 Å². The number of nitrogens with one attached hydrogen (secondary N) is 1. The minimum absolute atomic E-state index is 0.245. The van der Waals surface area contributed by atoms with Crippen molar-refractivity contribution in [3.63, 3.8) is 0 Å². The summed E-state index contributed by atoms with van der Waals surface area (Å²) in [6, 6.07) is 14.5. The number of halogens is 1. The average Bonchev–Trinajstić information content (AvgIpc) is 3.14. The molecule has 1 aliphatic heterocycles. The molecule has 0 spiro atoms. The second kappa shape index (κ2) is 8.97. The Labute approximate surface area is 164 Å². The molecule has 2 aromatic carbocycles. The zero-order chi connectivity index (χ0) is 19.2. The molecule has 1 unspecified atom stereocenters. The van der Waals surface area contributed by atoms with Crippen LogP contribution < -0.4 is 25.4 Å². The molecule has 144 valence electrons. The van der Waals surface area contributed by atoms with Gasteiger partial charge in [-0.25, -0.2) is 0 Å². The highest BCUT2D eigenvalue weighted by Crippen LogP contribution is 2.36. The Kier molecular flexibility index (Phi) is 6.42. The van der Waals surface area contributed by atoms with Crippen molar-refractivity contribution in [1.29, 1.82) is 0 Å². The predicted octanol–water partition coefficient (Wildman–Crippen LogP) is 2.58. The summed E-state index contributed by atoms with van der Waals surface area (Å²) in [7, 11) is 1.54. The maximum atomic E-state index is 10.9. The third-order valence-corrected chi connectivity index (χ3v) is 4.83. The van der Waals surface area contributed by atoms with Gasteiger partial charge in [-0.2, -0.15) is 0 Å². The average molecular weight is 390 g/mol. The van der Waals surface area contributed by atoms with Gasteiger partial charge in [-0.3, -0.25) is 4.79 Å². The number of primary amides is 1. The van der Waals surface area contributed by atoms with Gasteiger partial charge in [-0.15, -0.1) is 0 Å². The molecule has 7 heteroatoms. The first-order valence-corrected chi connectivity index (χ1v) is 9.25. The zero-order valence-corrected chi connectivity index (χ0v) is 16.0. The van der Waals surface area contributed by atoms with Gasteiger partial charge in [0, 0.05) is 31.4 Å². The van der Waals surface area contributed by atoms with E-state index in [0.29, 0.717) is 29.1 Å². The summed E-state index contributed by atoms with van der Waals surface area (Å²) >= 11 is 6.30. The van der Waals surface area contributed by atoms with Gasteiger partial charge in [0.2, 0.25) is 0 Å². The molecule has 0 saturated carbocycles. The minimum Gasteiger partial charge on any atom is -0.493 e. The van der Waals surface area contributed by atoms with Crippen molar-refractivity contribution < 1.29 is 14.3 Å². The van der Waals surface area contributed by atoms with E-state index in [1.54, 1.807) is 0 Å². The third-order valence-electron chi connectivity index (χ3n) is 4.55.